The van der Waals surface area contributed by atoms with Gasteiger partial charge in [0.25, 0.3) is 5.91 Å². The molecule has 0 aliphatic carbocycles. The molecule has 2 aliphatic heterocycles. The summed E-state index contributed by atoms with van der Waals surface area (Å²) in [4.78, 5) is 55.3. The van der Waals surface area contributed by atoms with Gasteiger partial charge in [-0.2, -0.15) is 0 Å². The van der Waals surface area contributed by atoms with Gasteiger partial charge in [-0.25, -0.2) is 9.69 Å². The van der Waals surface area contributed by atoms with E-state index in [1.165, 1.54) is 4.90 Å². The Balaban J connectivity index is 1.46. The van der Waals surface area contributed by atoms with Crippen molar-refractivity contribution in [3.63, 3.8) is 0 Å². The van der Waals surface area contributed by atoms with E-state index in [-0.39, 0.29) is 56.4 Å². The predicted molar refractivity (Wildman–Crippen MR) is 133 cm³/mol. The molecule has 4 N–H and O–H groups in total. The first kappa shape index (κ1) is 24.9. The van der Waals surface area contributed by atoms with Crippen LogP contribution in [0, 0.1) is 5.41 Å². The number of likely N-dealkylation sites (N-methyl/N-ethyl adjacent to an activating group) is 1. The molecular formula is C26H29N5O5. The molecule has 0 aromatic heterocycles. The van der Waals surface area contributed by atoms with Crippen molar-refractivity contribution in [1.29, 1.82) is 5.41 Å². The standard InChI is InChI=1S/C26H29N5O5/c1-29-25(36)31(20-9-7-18(8-10-20)23(27)28)24(35)26(29)11-13-30(14-12-26)21(32)15-19(16-22(33)34)17-5-3-2-4-6-17/h2-10,19H,11-16H2,1H3,(H3,27,28)(H,33,34). The van der Waals surface area contributed by atoms with Crippen molar-refractivity contribution in [3.05, 3.63) is 65.7 Å². The summed E-state index contributed by atoms with van der Waals surface area (Å²) in [6.45, 7) is 0.571. The van der Waals surface area contributed by atoms with E-state index in [1.54, 1.807) is 36.2 Å². The molecule has 1 spiro atoms. The third kappa shape index (κ3) is 4.53. The van der Waals surface area contributed by atoms with Gasteiger partial charge in [0.05, 0.1) is 12.1 Å². The lowest BCUT2D eigenvalue weighted by Crippen LogP contribution is -2.56. The first-order chi connectivity index (χ1) is 17.1. The molecule has 0 radical (unpaired) electrons. The zero-order valence-electron chi connectivity index (χ0n) is 20.0. The van der Waals surface area contributed by atoms with E-state index in [4.69, 9.17) is 11.1 Å². The number of rotatable bonds is 7. The van der Waals surface area contributed by atoms with Gasteiger partial charge < -0.3 is 20.6 Å². The quantitative estimate of drug-likeness (QED) is 0.308. The normalized spacial score (nSPS) is 18.0. The van der Waals surface area contributed by atoms with Crippen LogP contribution in [0.4, 0.5) is 10.5 Å². The minimum atomic E-state index is -1.05. The smallest absolute Gasteiger partial charge is 0.332 e. The van der Waals surface area contributed by atoms with Crippen LogP contribution >= 0.6 is 0 Å². The summed E-state index contributed by atoms with van der Waals surface area (Å²) >= 11 is 0. The number of amidine groups is 1. The maximum Gasteiger partial charge on any atom is 0.332 e. The fraction of sp³-hybridized carbons (Fsp3) is 0.346. The van der Waals surface area contributed by atoms with Gasteiger partial charge in [-0.05, 0) is 42.7 Å². The molecule has 4 rings (SSSR count). The average Bonchev–Trinajstić information content (AvgIpc) is 3.05. The van der Waals surface area contributed by atoms with Crippen molar-refractivity contribution in [2.24, 2.45) is 5.73 Å². The largest absolute Gasteiger partial charge is 0.481 e. The Bertz CT molecular complexity index is 1190. The Morgan fingerprint density at radius 2 is 1.64 bits per heavy atom. The first-order valence-electron chi connectivity index (χ1n) is 11.8. The molecule has 188 valence electrons. The van der Waals surface area contributed by atoms with Crippen LogP contribution in [-0.4, -0.2) is 70.2 Å². The van der Waals surface area contributed by atoms with Crippen molar-refractivity contribution >= 4 is 35.3 Å². The lowest BCUT2D eigenvalue weighted by molar-refractivity contribution is -0.139. The number of carbonyl (C=O) groups is 4. The molecule has 1 atom stereocenters. The highest BCUT2D eigenvalue weighted by Crippen LogP contribution is 2.39. The van der Waals surface area contributed by atoms with Crippen molar-refractivity contribution in [3.8, 4) is 0 Å². The Labute approximate surface area is 208 Å². The van der Waals surface area contributed by atoms with Gasteiger partial charge >= 0.3 is 12.0 Å². The topological polar surface area (TPSA) is 148 Å². The van der Waals surface area contributed by atoms with Gasteiger partial charge in [0.1, 0.15) is 11.4 Å². The monoisotopic (exact) mass is 491 g/mol. The summed E-state index contributed by atoms with van der Waals surface area (Å²) in [5.41, 5.74) is 6.13. The number of hydrogen-bond acceptors (Lipinski definition) is 5. The molecule has 2 aromatic carbocycles. The Morgan fingerprint density at radius 3 is 2.19 bits per heavy atom. The van der Waals surface area contributed by atoms with Gasteiger partial charge in [0.15, 0.2) is 0 Å². The van der Waals surface area contributed by atoms with E-state index in [2.05, 4.69) is 0 Å². The molecule has 0 bridgehead atoms. The summed E-state index contributed by atoms with van der Waals surface area (Å²) in [5.74, 6) is -2.04. The number of carboxylic acid groups (broad SMARTS) is 1. The molecule has 2 fully saturated rings. The van der Waals surface area contributed by atoms with E-state index in [0.29, 0.717) is 11.3 Å². The number of anilines is 1. The SMILES string of the molecule is CN1C(=O)N(c2ccc(C(=N)N)cc2)C(=O)C12CCN(C(=O)CC(CC(=O)O)c1ccccc1)CC2. The number of urea groups is 1. The molecule has 2 heterocycles. The van der Waals surface area contributed by atoms with Gasteiger partial charge in [-0.15, -0.1) is 0 Å². The van der Waals surface area contributed by atoms with Crippen molar-refractivity contribution in [1.82, 2.24) is 9.80 Å². The predicted octanol–water partition coefficient (Wildman–Crippen LogP) is 2.38. The fourth-order valence-corrected chi connectivity index (χ4v) is 5.05. The number of imide groups is 1. The first-order valence-corrected chi connectivity index (χ1v) is 11.8. The van der Waals surface area contributed by atoms with Gasteiger partial charge in [-0.1, -0.05) is 30.3 Å². The van der Waals surface area contributed by atoms with Gasteiger partial charge in [0.2, 0.25) is 5.91 Å². The van der Waals surface area contributed by atoms with Crippen LogP contribution in [0.15, 0.2) is 54.6 Å². The van der Waals surface area contributed by atoms with Gasteiger partial charge in [0, 0.05) is 38.0 Å². The van der Waals surface area contributed by atoms with Crippen molar-refractivity contribution < 1.29 is 24.3 Å². The minimum absolute atomic E-state index is 0.0562. The second-order valence-electron chi connectivity index (χ2n) is 9.26. The maximum absolute atomic E-state index is 13.5. The second-order valence-corrected chi connectivity index (χ2v) is 9.26. The summed E-state index contributed by atoms with van der Waals surface area (Å²) in [5, 5.41) is 16.9. The molecule has 0 saturated carbocycles. The molecule has 1 unspecified atom stereocenters. The third-order valence-corrected chi connectivity index (χ3v) is 7.21. The average molecular weight is 492 g/mol. The number of carboxylic acids is 1. The molecule has 2 aromatic rings. The number of likely N-dealkylation sites (tertiary alicyclic amines) is 1. The summed E-state index contributed by atoms with van der Waals surface area (Å²) in [7, 11) is 1.60. The third-order valence-electron chi connectivity index (χ3n) is 7.21. The Morgan fingerprint density at radius 1 is 1.03 bits per heavy atom. The number of piperidine rings is 1. The molecular weight excluding hydrogens is 462 g/mol. The highest BCUT2D eigenvalue weighted by Gasteiger charge is 2.57. The number of nitrogen functional groups attached to an aromatic ring is 1. The molecule has 10 heteroatoms. The van der Waals surface area contributed by atoms with Crippen LogP contribution in [0.1, 0.15) is 42.7 Å². The number of hydrogen-bond donors (Lipinski definition) is 3. The number of carbonyl (C=O) groups excluding carboxylic acids is 3. The maximum atomic E-state index is 13.5. The fourth-order valence-electron chi connectivity index (χ4n) is 5.05. The van der Waals surface area contributed by atoms with Crippen LogP contribution in [-0.2, 0) is 14.4 Å². The van der Waals surface area contributed by atoms with Crippen LogP contribution < -0.4 is 10.6 Å². The second kappa shape index (κ2) is 9.80. The lowest BCUT2D eigenvalue weighted by atomic mass is 9.85. The zero-order chi connectivity index (χ0) is 26.0. The number of nitrogens with zero attached hydrogens (tertiary/aromatic N) is 3. The van der Waals surface area contributed by atoms with E-state index in [1.807, 2.05) is 30.3 Å². The van der Waals surface area contributed by atoms with E-state index in [9.17, 15) is 24.3 Å². The molecule has 2 aliphatic rings. The summed E-state index contributed by atoms with van der Waals surface area (Å²) < 4.78 is 0. The number of nitrogens with one attached hydrogen (secondary N) is 1. The Kier molecular flexibility index (Phi) is 6.78. The highest BCUT2D eigenvalue weighted by molar-refractivity contribution is 6.23. The van der Waals surface area contributed by atoms with E-state index < -0.39 is 23.5 Å². The molecule has 4 amide bonds. The van der Waals surface area contributed by atoms with Crippen LogP contribution in [0.2, 0.25) is 0 Å². The number of amides is 4. The van der Waals surface area contributed by atoms with Crippen molar-refractivity contribution in [2.75, 3.05) is 25.0 Å². The van der Waals surface area contributed by atoms with E-state index >= 15 is 0 Å². The number of aliphatic carboxylic acids is 1. The minimum Gasteiger partial charge on any atom is -0.481 e. The highest BCUT2D eigenvalue weighted by atomic mass is 16.4. The van der Waals surface area contributed by atoms with Gasteiger partial charge in [-0.3, -0.25) is 19.8 Å². The zero-order valence-corrected chi connectivity index (χ0v) is 20.0. The van der Waals surface area contributed by atoms with Crippen LogP contribution in [0.3, 0.4) is 0 Å². The lowest BCUT2D eigenvalue weighted by Gasteiger charge is -2.41. The summed E-state index contributed by atoms with van der Waals surface area (Å²) in [6, 6.07) is 15.0. The number of benzene rings is 2. The number of nitrogens with two attached hydrogens (primary N) is 1. The molecule has 2 saturated heterocycles. The van der Waals surface area contributed by atoms with E-state index in [0.717, 1.165) is 10.5 Å². The van der Waals surface area contributed by atoms with Crippen LogP contribution in [0.5, 0.6) is 0 Å². The summed E-state index contributed by atoms with van der Waals surface area (Å²) in [6.07, 6.45) is 0.481. The van der Waals surface area contributed by atoms with Crippen molar-refractivity contribution in [2.45, 2.75) is 37.1 Å². The molecule has 10 nitrogen and oxygen atoms in total. The Hall–Kier alpha value is -4.21. The van der Waals surface area contributed by atoms with Crippen LogP contribution in [0.25, 0.3) is 0 Å². The molecule has 36 heavy (non-hydrogen) atoms.